The highest BCUT2D eigenvalue weighted by atomic mass is 16.6. The van der Waals surface area contributed by atoms with Crippen molar-refractivity contribution in [1.82, 2.24) is 0 Å². The average Bonchev–Trinajstić information content (AvgIpc) is 2.69. The second-order valence-corrected chi connectivity index (χ2v) is 6.59. The first-order chi connectivity index (χ1) is 13.6. The normalized spacial score (nSPS) is 10.5. The highest BCUT2D eigenvalue weighted by molar-refractivity contribution is 5.88. The molecule has 7 heteroatoms. The Labute approximate surface area is 165 Å². The van der Waals surface area contributed by atoms with E-state index in [1.807, 2.05) is 23.9 Å². The van der Waals surface area contributed by atoms with Crippen molar-refractivity contribution < 1.29 is 23.8 Å². The van der Waals surface area contributed by atoms with Gasteiger partial charge in [0.05, 0.1) is 18.1 Å². The number of esters is 1. The van der Waals surface area contributed by atoms with Gasteiger partial charge in [-0.3, -0.25) is 10.1 Å². The lowest BCUT2D eigenvalue weighted by Crippen LogP contribution is -2.28. The lowest BCUT2D eigenvalue weighted by Gasteiger charge is -2.07. The average molecular weight is 387 g/mol. The minimum Gasteiger partial charge on any atom is -0.487 e. The Balaban J connectivity index is 1.49. The summed E-state index contributed by atoms with van der Waals surface area (Å²) >= 11 is 0. The molecule has 2 rings (SSSR count). The topological polar surface area (TPSA) is 82.5 Å². The molecule has 150 valence electrons. The smallest absolute Gasteiger partial charge is 0.344 e. The minimum atomic E-state index is -0.431. The largest absolute Gasteiger partial charge is 0.487 e. The summed E-state index contributed by atoms with van der Waals surface area (Å²) in [5.74, 6) is 0.0321. The molecule has 0 unspecified atom stereocenters. The van der Waals surface area contributed by atoms with Gasteiger partial charge in [0.15, 0.2) is 18.1 Å². The first-order valence-corrected chi connectivity index (χ1v) is 9.56. The van der Waals surface area contributed by atoms with Crippen molar-refractivity contribution in [2.24, 2.45) is 7.05 Å². The lowest BCUT2D eigenvalue weighted by molar-refractivity contribution is -0.671. The fraction of sp³-hybridized carbons (Fsp3) is 0.429. The van der Waals surface area contributed by atoms with Crippen molar-refractivity contribution in [2.45, 2.75) is 38.5 Å². The van der Waals surface area contributed by atoms with Gasteiger partial charge in [0, 0.05) is 12.1 Å². The highest BCUT2D eigenvalue weighted by Gasteiger charge is 2.13. The zero-order valence-corrected chi connectivity index (χ0v) is 16.2. The Morgan fingerprint density at radius 2 is 1.68 bits per heavy atom. The molecule has 0 aliphatic rings. The molecule has 7 nitrogen and oxygen atoms in total. The van der Waals surface area contributed by atoms with Crippen LogP contribution in [0.25, 0.3) is 0 Å². The number of aryl methyl sites for hydroxylation is 1. The standard InChI is InChI=1S/C21H27N2O5/c1-22-14-10-11-18(17-22)21(24)28-16-9-5-3-2-4-8-15-27-20-13-7-6-12-19(20)23(25)26/h6-7,10-14,17H,2-5,8-9,15-16H2,1H3/q+1. The molecule has 0 fully saturated rings. The number of carbonyl (C=O) groups is 1. The molecule has 0 spiro atoms. The van der Waals surface area contributed by atoms with Gasteiger partial charge >= 0.3 is 11.7 Å². The Hall–Kier alpha value is -2.96. The molecule has 0 saturated heterocycles. The molecule has 1 aromatic carbocycles. The zero-order valence-electron chi connectivity index (χ0n) is 16.2. The number of hydrogen-bond acceptors (Lipinski definition) is 5. The summed E-state index contributed by atoms with van der Waals surface area (Å²) in [6.45, 7) is 0.898. The third-order valence-electron chi connectivity index (χ3n) is 4.27. The number of unbranched alkanes of at least 4 members (excludes halogenated alkanes) is 5. The number of nitro groups is 1. The van der Waals surface area contributed by atoms with Crippen LogP contribution in [0.5, 0.6) is 5.75 Å². The molecule has 0 aliphatic carbocycles. The van der Waals surface area contributed by atoms with Crippen LogP contribution < -0.4 is 9.30 Å². The molecule has 0 radical (unpaired) electrons. The van der Waals surface area contributed by atoms with Crippen LogP contribution in [-0.2, 0) is 11.8 Å². The molecule has 28 heavy (non-hydrogen) atoms. The maximum absolute atomic E-state index is 11.9. The van der Waals surface area contributed by atoms with E-state index in [0.29, 0.717) is 24.5 Å². The number of ether oxygens (including phenoxy) is 2. The van der Waals surface area contributed by atoms with E-state index < -0.39 is 4.92 Å². The molecule has 0 bridgehead atoms. The van der Waals surface area contributed by atoms with Crippen LogP contribution in [0.4, 0.5) is 5.69 Å². The summed E-state index contributed by atoms with van der Waals surface area (Å²) in [5.41, 5.74) is 0.560. The van der Waals surface area contributed by atoms with Crippen LogP contribution in [0.3, 0.4) is 0 Å². The van der Waals surface area contributed by atoms with Crippen LogP contribution in [0.15, 0.2) is 48.8 Å². The maximum atomic E-state index is 11.9. The Bertz CT molecular complexity index is 779. The van der Waals surface area contributed by atoms with E-state index >= 15 is 0 Å². The second kappa shape index (κ2) is 11.7. The number of pyridine rings is 1. The van der Waals surface area contributed by atoms with Gasteiger partial charge in [0.25, 0.3) is 0 Å². The van der Waals surface area contributed by atoms with Crippen molar-refractivity contribution in [3.05, 3.63) is 64.5 Å². The summed E-state index contributed by atoms with van der Waals surface area (Å²) in [6, 6.07) is 9.98. The second-order valence-electron chi connectivity index (χ2n) is 6.59. The monoisotopic (exact) mass is 387 g/mol. The molecular weight excluding hydrogens is 360 g/mol. The van der Waals surface area contributed by atoms with Gasteiger partial charge in [0.2, 0.25) is 0 Å². The number of nitrogens with zero attached hydrogens (tertiary/aromatic N) is 2. The van der Waals surface area contributed by atoms with E-state index in [2.05, 4.69) is 0 Å². The quantitative estimate of drug-likeness (QED) is 0.181. The molecular formula is C21H27N2O5+. The SMILES string of the molecule is C[n+]1cccc(C(=O)OCCCCCCCCOc2ccccc2[N+](=O)[O-])c1. The van der Waals surface area contributed by atoms with E-state index in [1.165, 1.54) is 6.07 Å². The van der Waals surface area contributed by atoms with Gasteiger partial charge in [-0.15, -0.1) is 0 Å². The number of para-hydroxylation sites is 2. The fourth-order valence-electron chi connectivity index (χ4n) is 2.78. The van der Waals surface area contributed by atoms with E-state index in [0.717, 1.165) is 38.5 Å². The molecule has 0 saturated carbocycles. The third kappa shape index (κ3) is 7.34. The predicted molar refractivity (Wildman–Crippen MR) is 104 cm³/mol. The van der Waals surface area contributed by atoms with Gasteiger partial charge in [-0.05, 0) is 25.0 Å². The summed E-state index contributed by atoms with van der Waals surface area (Å²) in [6.07, 6.45) is 9.43. The van der Waals surface area contributed by atoms with Crippen molar-refractivity contribution in [1.29, 1.82) is 0 Å². The van der Waals surface area contributed by atoms with Crippen molar-refractivity contribution in [3.63, 3.8) is 0 Å². The van der Waals surface area contributed by atoms with Crippen LogP contribution in [-0.4, -0.2) is 24.1 Å². The van der Waals surface area contributed by atoms with Crippen LogP contribution in [0.2, 0.25) is 0 Å². The van der Waals surface area contributed by atoms with E-state index in [9.17, 15) is 14.9 Å². The number of carbonyl (C=O) groups excluding carboxylic acids is 1. The van der Waals surface area contributed by atoms with Gasteiger partial charge in [0.1, 0.15) is 12.6 Å². The van der Waals surface area contributed by atoms with Crippen LogP contribution >= 0.6 is 0 Å². The highest BCUT2D eigenvalue weighted by Crippen LogP contribution is 2.25. The molecule has 0 N–H and O–H groups in total. The Morgan fingerprint density at radius 1 is 1.00 bits per heavy atom. The first kappa shape index (κ1) is 21.3. The molecule has 1 heterocycles. The van der Waals surface area contributed by atoms with Crippen molar-refractivity contribution in [3.8, 4) is 5.75 Å². The molecule has 0 atom stereocenters. The number of aromatic nitrogens is 1. The maximum Gasteiger partial charge on any atom is 0.344 e. The van der Waals surface area contributed by atoms with Crippen molar-refractivity contribution >= 4 is 11.7 Å². The van der Waals surface area contributed by atoms with E-state index in [4.69, 9.17) is 9.47 Å². The first-order valence-electron chi connectivity index (χ1n) is 9.56. The Kier molecular flexibility index (Phi) is 8.91. The summed E-state index contributed by atoms with van der Waals surface area (Å²) in [4.78, 5) is 22.4. The van der Waals surface area contributed by atoms with Gasteiger partial charge < -0.3 is 9.47 Å². The zero-order chi connectivity index (χ0) is 20.2. The van der Waals surface area contributed by atoms with Gasteiger partial charge in [-0.1, -0.05) is 37.8 Å². The number of rotatable bonds is 12. The predicted octanol–water partition coefficient (Wildman–Crippen LogP) is 4.00. The Morgan fingerprint density at radius 3 is 2.39 bits per heavy atom. The summed E-state index contributed by atoms with van der Waals surface area (Å²) in [5, 5.41) is 10.9. The third-order valence-corrected chi connectivity index (χ3v) is 4.27. The number of hydrogen-bond donors (Lipinski definition) is 0. The van der Waals surface area contributed by atoms with E-state index in [1.54, 1.807) is 30.5 Å². The summed E-state index contributed by atoms with van der Waals surface area (Å²) in [7, 11) is 1.86. The van der Waals surface area contributed by atoms with Crippen LogP contribution in [0, 0.1) is 10.1 Å². The van der Waals surface area contributed by atoms with Gasteiger partial charge in [-0.25, -0.2) is 9.36 Å². The summed E-state index contributed by atoms with van der Waals surface area (Å²) < 4.78 is 12.6. The van der Waals surface area contributed by atoms with Crippen LogP contribution in [0.1, 0.15) is 48.9 Å². The van der Waals surface area contributed by atoms with E-state index in [-0.39, 0.29) is 11.7 Å². The minimum absolute atomic E-state index is 0.00121. The lowest BCUT2D eigenvalue weighted by atomic mass is 10.1. The molecule has 0 aliphatic heterocycles. The number of benzene rings is 1. The van der Waals surface area contributed by atoms with Crippen molar-refractivity contribution in [2.75, 3.05) is 13.2 Å². The molecule has 1 aromatic heterocycles. The molecule has 0 amide bonds. The van der Waals surface area contributed by atoms with Gasteiger partial charge in [-0.2, -0.15) is 0 Å². The number of nitro benzene ring substituents is 1. The molecule has 2 aromatic rings. The fourth-order valence-corrected chi connectivity index (χ4v) is 2.78.